The second-order valence-electron chi connectivity index (χ2n) is 7.07. The summed E-state index contributed by atoms with van der Waals surface area (Å²) < 4.78 is 0. The molecule has 1 heterocycles. The molecule has 3 rings (SSSR count). The van der Waals surface area contributed by atoms with E-state index >= 15 is 0 Å². The number of nitrogens with one attached hydrogen (secondary N) is 1. The highest BCUT2D eigenvalue weighted by atomic mass is 35.5. The van der Waals surface area contributed by atoms with E-state index in [0.29, 0.717) is 16.6 Å². The first kappa shape index (κ1) is 19.5. The number of nitrogens with zero attached hydrogens (tertiary/aromatic N) is 2. The van der Waals surface area contributed by atoms with E-state index in [0.717, 1.165) is 44.8 Å². The average Bonchev–Trinajstić information content (AvgIpc) is 2.65. The fourth-order valence-corrected chi connectivity index (χ4v) is 3.89. The summed E-state index contributed by atoms with van der Waals surface area (Å²) in [7, 11) is 0. The average molecular weight is 396 g/mol. The number of anilines is 1. The molecule has 1 saturated heterocycles. The fraction of sp³-hybridized carbons (Fsp3) is 0.550. The summed E-state index contributed by atoms with van der Waals surface area (Å²) in [6.07, 6.45) is 8.35. The molecule has 0 atom stereocenters. The van der Waals surface area contributed by atoms with Gasteiger partial charge < -0.3 is 10.2 Å². The predicted octanol–water partition coefficient (Wildman–Crippen LogP) is 4.12. The van der Waals surface area contributed by atoms with Gasteiger partial charge in [0, 0.05) is 38.4 Å². The monoisotopic (exact) mass is 395 g/mol. The Morgan fingerprint density at radius 3 is 2.58 bits per heavy atom. The van der Waals surface area contributed by atoms with Gasteiger partial charge in [-0.1, -0.05) is 34.9 Å². The summed E-state index contributed by atoms with van der Waals surface area (Å²) in [5.74, 6) is 0.129. The van der Waals surface area contributed by atoms with Gasteiger partial charge in [0.05, 0.1) is 16.6 Å². The van der Waals surface area contributed by atoms with Crippen molar-refractivity contribution in [3.05, 3.63) is 39.9 Å². The molecule has 2 aliphatic rings. The number of benzene rings is 1. The molecule has 0 radical (unpaired) electrons. The Balaban J connectivity index is 1.37. The normalized spacial score (nSPS) is 18.5. The van der Waals surface area contributed by atoms with Crippen LogP contribution in [0.1, 0.15) is 32.1 Å². The largest absolute Gasteiger partial charge is 0.369 e. The third kappa shape index (κ3) is 5.63. The number of carbonyl (C=O) groups excluding carboxylic acids is 1. The molecule has 0 saturated carbocycles. The first-order valence-corrected chi connectivity index (χ1v) is 10.2. The van der Waals surface area contributed by atoms with Crippen LogP contribution in [0.4, 0.5) is 5.69 Å². The molecular formula is C20H27Cl2N3O. The van der Waals surface area contributed by atoms with E-state index in [1.54, 1.807) is 0 Å². The second kappa shape index (κ2) is 9.63. The van der Waals surface area contributed by atoms with Crippen molar-refractivity contribution >= 4 is 34.8 Å². The van der Waals surface area contributed by atoms with Crippen molar-refractivity contribution < 1.29 is 4.79 Å². The van der Waals surface area contributed by atoms with Crippen LogP contribution in [0, 0.1) is 0 Å². The molecule has 1 amide bonds. The predicted molar refractivity (Wildman–Crippen MR) is 109 cm³/mol. The zero-order valence-electron chi connectivity index (χ0n) is 15.1. The van der Waals surface area contributed by atoms with E-state index in [4.69, 9.17) is 23.2 Å². The zero-order valence-corrected chi connectivity index (χ0v) is 16.7. The lowest BCUT2D eigenvalue weighted by atomic mass is 9.97. The molecule has 1 aliphatic carbocycles. The smallest absolute Gasteiger partial charge is 0.234 e. The van der Waals surface area contributed by atoms with Crippen molar-refractivity contribution in [1.29, 1.82) is 0 Å². The molecule has 4 nitrogen and oxygen atoms in total. The Morgan fingerprint density at radius 1 is 1.08 bits per heavy atom. The van der Waals surface area contributed by atoms with Gasteiger partial charge in [-0.15, -0.1) is 0 Å². The van der Waals surface area contributed by atoms with E-state index in [2.05, 4.69) is 21.2 Å². The lowest BCUT2D eigenvalue weighted by molar-refractivity contribution is -0.122. The number of carbonyl (C=O) groups is 1. The number of allylic oxidation sites excluding steroid dienone is 1. The zero-order chi connectivity index (χ0) is 18.4. The maximum atomic E-state index is 12.2. The van der Waals surface area contributed by atoms with Crippen LogP contribution in [0.3, 0.4) is 0 Å². The van der Waals surface area contributed by atoms with E-state index in [9.17, 15) is 4.79 Å². The molecule has 1 aromatic rings. The number of amides is 1. The van der Waals surface area contributed by atoms with Crippen LogP contribution in [-0.2, 0) is 4.79 Å². The Kier molecular flexibility index (Phi) is 7.23. The van der Waals surface area contributed by atoms with Crippen LogP contribution < -0.4 is 10.2 Å². The molecule has 1 fully saturated rings. The van der Waals surface area contributed by atoms with Crippen LogP contribution in [0.15, 0.2) is 29.8 Å². The topological polar surface area (TPSA) is 35.6 Å². The van der Waals surface area contributed by atoms with Crippen LogP contribution >= 0.6 is 23.2 Å². The van der Waals surface area contributed by atoms with Gasteiger partial charge in [0.2, 0.25) is 5.91 Å². The molecule has 1 aliphatic heterocycles. The Labute approximate surface area is 166 Å². The highest BCUT2D eigenvalue weighted by Crippen LogP contribution is 2.27. The van der Waals surface area contributed by atoms with Gasteiger partial charge in [-0.25, -0.2) is 0 Å². The number of halogens is 2. The summed E-state index contributed by atoms with van der Waals surface area (Å²) in [4.78, 5) is 16.7. The first-order valence-electron chi connectivity index (χ1n) is 9.49. The van der Waals surface area contributed by atoms with Gasteiger partial charge in [-0.05, 0) is 50.3 Å². The van der Waals surface area contributed by atoms with Crippen LogP contribution in [0.5, 0.6) is 0 Å². The van der Waals surface area contributed by atoms with Gasteiger partial charge >= 0.3 is 0 Å². The van der Waals surface area contributed by atoms with Crippen molar-refractivity contribution in [3.63, 3.8) is 0 Å². The van der Waals surface area contributed by atoms with E-state index < -0.39 is 0 Å². The standard InChI is InChI=1S/C20H27Cl2N3O/c21-18-7-6-17(14-19(18)22)25-12-10-24(11-13-25)15-20(26)23-9-8-16-4-2-1-3-5-16/h4,6-7,14H,1-3,5,8-13,15H2,(H,23,26). The minimum absolute atomic E-state index is 0.129. The van der Waals surface area contributed by atoms with Crippen molar-refractivity contribution in [3.8, 4) is 0 Å². The molecule has 142 valence electrons. The van der Waals surface area contributed by atoms with Gasteiger partial charge in [0.15, 0.2) is 0 Å². The quantitative estimate of drug-likeness (QED) is 0.735. The molecule has 6 heteroatoms. The van der Waals surface area contributed by atoms with Crippen molar-refractivity contribution in [2.45, 2.75) is 32.1 Å². The molecule has 1 N–H and O–H groups in total. The molecule has 0 aromatic heterocycles. The number of hydrogen-bond donors (Lipinski definition) is 1. The highest BCUT2D eigenvalue weighted by molar-refractivity contribution is 6.42. The maximum absolute atomic E-state index is 12.2. The Bertz CT molecular complexity index is 654. The van der Waals surface area contributed by atoms with Crippen LogP contribution in [-0.4, -0.2) is 50.1 Å². The van der Waals surface area contributed by atoms with Gasteiger partial charge in [-0.3, -0.25) is 9.69 Å². The molecule has 1 aromatic carbocycles. The molecule has 0 unspecified atom stereocenters. The van der Waals surface area contributed by atoms with Crippen molar-refractivity contribution in [1.82, 2.24) is 10.2 Å². The second-order valence-corrected chi connectivity index (χ2v) is 7.88. The molecule has 26 heavy (non-hydrogen) atoms. The van der Waals surface area contributed by atoms with Gasteiger partial charge in [0.25, 0.3) is 0 Å². The number of hydrogen-bond acceptors (Lipinski definition) is 3. The van der Waals surface area contributed by atoms with Crippen LogP contribution in [0.2, 0.25) is 10.0 Å². The summed E-state index contributed by atoms with van der Waals surface area (Å²) in [5, 5.41) is 4.23. The minimum Gasteiger partial charge on any atom is -0.369 e. The van der Waals surface area contributed by atoms with Gasteiger partial charge in [0.1, 0.15) is 0 Å². The maximum Gasteiger partial charge on any atom is 0.234 e. The summed E-state index contributed by atoms with van der Waals surface area (Å²) >= 11 is 12.1. The third-order valence-corrected chi connectivity index (χ3v) is 5.90. The van der Waals surface area contributed by atoms with E-state index in [1.807, 2.05) is 18.2 Å². The summed E-state index contributed by atoms with van der Waals surface area (Å²) in [5.41, 5.74) is 2.59. The van der Waals surface area contributed by atoms with E-state index in [-0.39, 0.29) is 5.91 Å². The Hall–Kier alpha value is -1.23. The fourth-order valence-electron chi connectivity index (χ4n) is 3.60. The summed E-state index contributed by atoms with van der Waals surface area (Å²) in [6.45, 7) is 4.76. The number of rotatable bonds is 6. The minimum atomic E-state index is 0.129. The van der Waals surface area contributed by atoms with Crippen LogP contribution in [0.25, 0.3) is 0 Å². The number of piperazine rings is 1. The summed E-state index contributed by atoms with van der Waals surface area (Å²) in [6, 6.07) is 5.74. The van der Waals surface area contributed by atoms with Gasteiger partial charge in [-0.2, -0.15) is 0 Å². The molecule has 0 bridgehead atoms. The lowest BCUT2D eigenvalue weighted by Crippen LogP contribution is -2.49. The first-order chi connectivity index (χ1) is 12.6. The SMILES string of the molecule is O=C(CN1CCN(c2ccc(Cl)c(Cl)c2)CC1)NCCC1=CCCCC1. The molecular weight excluding hydrogens is 369 g/mol. The highest BCUT2D eigenvalue weighted by Gasteiger charge is 2.19. The third-order valence-electron chi connectivity index (χ3n) is 5.16. The Morgan fingerprint density at radius 2 is 1.88 bits per heavy atom. The van der Waals surface area contributed by atoms with Crippen molar-refractivity contribution in [2.75, 3.05) is 44.2 Å². The van der Waals surface area contributed by atoms with E-state index in [1.165, 1.54) is 31.3 Å². The molecule has 0 spiro atoms. The van der Waals surface area contributed by atoms with Crippen molar-refractivity contribution in [2.24, 2.45) is 0 Å². The lowest BCUT2D eigenvalue weighted by Gasteiger charge is -2.35.